The highest BCUT2D eigenvalue weighted by atomic mass is 16.6. The maximum Gasteiger partial charge on any atom is 0.506 e. The van der Waals surface area contributed by atoms with Crippen molar-refractivity contribution < 1.29 is 9.31 Å². The van der Waals surface area contributed by atoms with Crippen molar-refractivity contribution in [1.82, 2.24) is 0 Å². The summed E-state index contributed by atoms with van der Waals surface area (Å²) >= 11 is 0. The Morgan fingerprint density at radius 3 is 2.83 bits per heavy atom. The molecule has 0 aromatic carbocycles. The van der Waals surface area contributed by atoms with Gasteiger partial charge in [0.2, 0.25) is 0 Å². The standard InChI is InChI=1S/C3H5BO2/c1-2-5-4-6-3-1/h1-2,4H,3H2. The van der Waals surface area contributed by atoms with E-state index in [0.29, 0.717) is 14.3 Å². The monoisotopic (exact) mass is 84.0 g/mol. The van der Waals surface area contributed by atoms with E-state index >= 15 is 0 Å². The van der Waals surface area contributed by atoms with Crippen LogP contribution >= 0.6 is 0 Å². The van der Waals surface area contributed by atoms with Crippen molar-refractivity contribution in [2.45, 2.75) is 0 Å². The van der Waals surface area contributed by atoms with Gasteiger partial charge in [-0.05, 0) is 6.08 Å². The first-order valence-electron chi connectivity index (χ1n) is 1.84. The molecule has 1 rings (SSSR count). The molecule has 32 valence electrons. The Hall–Kier alpha value is -0.435. The smallest absolute Gasteiger partial charge is 0.506 e. The lowest BCUT2D eigenvalue weighted by atomic mass is 10.4. The molecule has 0 fully saturated rings. The number of hydrogen-bond donors (Lipinski definition) is 0. The highest BCUT2D eigenvalue weighted by molar-refractivity contribution is 6.18. The van der Waals surface area contributed by atoms with Crippen molar-refractivity contribution in [3.63, 3.8) is 0 Å². The summed E-state index contributed by atoms with van der Waals surface area (Å²) in [5, 5.41) is 0. The summed E-state index contributed by atoms with van der Waals surface area (Å²) in [5.74, 6) is 0. The van der Waals surface area contributed by atoms with Gasteiger partial charge < -0.3 is 9.31 Å². The van der Waals surface area contributed by atoms with E-state index in [-0.39, 0.29) is 0 Å². The van der Waals surface area contributed by atoms with E-state index in [0.717, 1.165) is 0 Å². The maximum absolute atomic E-state index is 4.76. The topological polar surface area (TPSA) is 18.5 Å². The lowest BCUT2D eigenvalue weighted by molar-refractivity contribution is 0.280. The van der Waals surface area contributed by atoms with Gasteiger partial charge in [-0.3, -0.25) is 0 Å². The highest BCUT2D eigenvalue weighted by Crippen LogP contribution is 1.84. The molecule has 1 aliphatic rings. The van der Waals surface area contributed by atoms with E-state index in [2.05, 4.69) is 4.65 Å². The van der Waals surface area contributed by atoms with Crippen LogP contribution in [0.4, 0.5) is 0 Å². The van der Waals surface area contributed by atoms with Gasteiger partial charge in [0.1, 0.15) is 0 Å². The van der Waals surface area contributed by atoms with Crippen LogP contribution in [0, 0.1) is 0 Å². The van der Waals surface area contributed by atoms with Crippen molar-refractivity contribution in [3.05, 3.63) is 12.3 Å². The van der Waals surface area contributed by atoms with E-state index in [9.17, 15) is 0 Å². The van der Waals surface area contributed by atoms with Gasteiger partial charge in [0, 0.05) is 0 Å². The van der Waals surface area contributed by atoms with Crippen LogP contribution in [0.15, 0.2) is 12.3 Å². The minimum absolute atomic E-state index is 0.413. The van der Waals surface area contributed by atoms with Crippen LogP contribution in [-0.4, -0.2) is 14.3 Å². The average Bonchev–Trinajstić information content (AvgIpc) is 1.72. The Labute approximate surface area is 37.1 Å². The third kappa shape index (κ3) is 0.757. The molecule has 6 heavy (non-hydrogen) atoms. The van der Waals surface area contributed by atoms with Gasteiger partial charge in [-0.2, -0.15) is 0 Å². The van der Waals surface area contributed by atoms with Crippen molar-refractivity contribution in [2.75, 3.05) is 6.61 Å². The molecule has 0 saturated carbocycles. The molecule has 0 atom stereocenters. The van der Waals surface area contributed by atoms with Crippen molar-refractivity contribution >= 4 is 7.69 Å². The van der Waals surface area contributed by atoms with Crippen LogP contribution in [0.2, 0.25) is 0 Å². The second kappa shape index (κ2) is 1.87. The summed E-state index contributed by atoms with van der Waals surface area (Å²) in [6.07, 6.45) is 3.47. The van der Waals surface area contributed by atoms with Crippen LogP contribution in [0.3, 0.4) is 0 Å². The summed E-state index contributed by atoms with van der Waals surface area (Å²) in [6.45, 7) is 0.694. The zero-order chi connectivity index (χ0) is 4.24. The average molecular weight is 83.9 g/mol. The zero-order valence-corrected chi connectivity index (χ0v) is 3.39. The molecular weight excluding hydrogens is 78.8 g/mol. The summed E-state index contributed by atoms with van der Waals surface area (Å²) in [6, 6.07) is 0. The summed E-state index contributed by atoms with van der Waals surface area (Å²) in [4.78, 5) is 0. The molecule has 0 aromatic rings. The minimum Gasteiger partial charge on any atom is -0.545 e. The fraction of sp³-hybridized carbons (Fsp3) is 0.333. The first-order chi connectivity index (χ1) is 3.00. The lowest BCUT2D eigenvalue weighted by Crippen LogP contribution is -2.04. The molecule has 1 aliphatic heterocycles. The van der Waals surface area contributed by atoms with Crippen LogP contribution in [-0.2, 0) is 9.31 Å². The molecule has 0 saturated heterocycles. The predicted octanol–water partition coefficient (Wildman–Crippen LogP) is -0.187. The molecule has 0 amide bonds. The second-order valence-corrected chi connectivity index (χ2v) is 1.03. The fourth-order valence-corrected chi connectivity index (χ4v) is 0.311. The largest absolute Gasteiger partial charge is 0.545 e. The van der Waals surface area contributed by atoms with E-state index in [1.165, 1.54) is 0 Å². The Morgan fingerprint density at radius 1 is 1.67 bits per heavy atom. The van der Waals surface area contributed by atoms with Gasteiger partial charge in [0.05, 0.1) is 12.9 Å². The Kier molecular flexibility index (Phi) is 1.17. The number of hydrogen-bond acceptors (Lipinski definition) is 2. The molecule has 0 unspecified atom stereocenters. The normalized spacial score (nSPS) is 18.7. The molecule has 0 spiro atoms. The quantitative estimate of drug-likeness (QED) is 0.379. The van der Waals surface area contributed by atoms with E-state index in [4.69, 9.17) is 4.65 Å². The fourth-order valence-electron chi connectivity index (χ4n) is 0.311. The Bertz CT molecular complexity index is 53.8. The van der Waals surface area contributed by atoms with Gasteiger partial charge in [-0.15, -0.1) is 0 Å². The van der Waals surface area contributed by atoms with Crippen LogP contribution in [0.5, 0.6) is 0 Å². The van der Waals surface area contributed by atoms with Gasteiger partial charge >= 0.3 is 7.69 Å². The van der Waals surface area contributed by atoms with Gasteiger partial charge in [0.25, 0.3) is 0 Å². The summed E-state index contributed by atoms with van der Waals surface area (Å²) in [5.41, 5.74) is 0. The molecular formula is C3H5BO2. The second-order valence-electron chi connectivity index (χ2n) is 1.03. The first kappa shape index (κ1) is 3.74. The molecule has 2 nitrogen and oxygen atoms in total. The van der Waals surface area contributed by atoms with E-state index < -0.39 is 0 Å². The maximum atomic E-state index is 4.76. The Balaban J connectivity index is 2.26. The third-order valence-corrected chi connectivity index (χ3v) is 0.558. The third-order valence-electron chi connectivity index (χ3n) is 0.558. The molecule has 0 aromatic heterocycles. The molecule has 0 N–H and O–H groups in total. The zero-order valence-electron chi connectivity index (χ0n) is 3.39. The molecule has 1 heterocycles. The lowest BCUT2D eigenvalue weighted by Gasteiger charge is -2.02. The predicted molar refractivity (Wildman–Crippen MR) is 23.3 cm³/mol. The van der Waals surface area contributed by atoms with Gasteiger partial charge in [-0.25, -0.2) is 0 Å². The summed E-state index contributed by atoms with van der Waals surface area (Å²) < 4.78 is 9.43. The SMILES string of the molecule is B1OC=CCO1. The Morgan fingerprint density at radius 2 is 2.67 bits per heavy atom. The van der Waals surface area contributed by atoms with Gasteiger partial charge in [-0.1, -0.05) is 0 Å². The number of rotatable bonds is 0. The summed E-state index contributed by atoms with van der Waals surface area (Å²) in [7, 11) is 0.413. The van der Waals surface area contributed by atoms with Crippen molar-refractivity contribution in [3.8, 4) is 0 Å². The van der Waals surface area contributed by atoms with E-state index in [1.807, 2.05) is 6.08 Å². The van der Waals surface area contributed by atoms with Crippen molar-refractivity contribution in [1.29, 1.82) is 0 Å². The van der Waals surface area contributed by atoms with Crippen LogP contribution < -0.4 is 0 Å². The molecule has 0 bridgehead atoms. The van der Waals surface area contributed by atoms with Crippen LogP contribution in [0.25, 0.3) is 0 Å². The van der Waals surface area contributed by atoms with Crippen LogP contribution in [0.1, 0.15) is 0 Å². The minimum atomic E-state index is 0.413. The highest BCUT2D eigenvalue weighted by Gasteiger charge is 1.90. The van der Waals surface area contributed by atoms with E-state index in [1.54, 1.807) is 6.26 Å². The van der Waals surface area contributed by atoms with Crippen molar-refractivity contribution in [2.24, 2.45) is 0 Å². The molecule has 3 heteroatoms. The molecule has 0 radical (unpaired) electrons. The molecule has 0 aliphatic carbocycles. The first-order valence-corrected chi connectivity index (χ1v) is 1.84. The van der Waals surface area contributed by atoms with Gasteiger partial charge in [0.15, 0.2) is 0 Å².